The Balaban J connectivity index is -0.000000252. The van der Waals surface area contributed by atoms with Crippen LogP contribution < -0.4 is 62.4 Å². The molecule has 0 aromatic carbocycles. The minimum Gasteiger partial charge on any atom is 1.00 e. The molecule has 0 atom stereocenters. The number of aliphatic hydroxyl groups excluding tert-OH is 1. The van der Waals surface area contributed by atoms with Crippen LogP contribution in [-0.4, -0.2) is 176 Å². The average molecular weight is 2890 g/mol. The summed E-state index contributed by atoms with van der Waals surface area (Å²) in [5, 5.41) is 9.42. The van der Waals surface area contributed by atoms with Gasteiger partial charge in [0.15, 0.2) is 16.8 Å². The fourth-order valence-corrected chi connectivity index (χ4v) is 13.0. The molecule has 0 bridgehead atoms. The van der Waals surface area contributed by atoms with E-state index in [-0.39, 0.29) is 70.8 Å². The van der Waals surface area contributed by atoms with Gasteiger partial charge in [0.05, 0.1) is 41.2 Å². The number of hydrogen-bond acceptors (Lipinski definition) is 22. The number of carbonyl (C=O) groups excluding carboxylic acids is 1. The van der Waals surface area contributed by atoms with Crippen LogP contribution in [0.3, 0.4) is 0 Å². The number of alkyl halides is 5. The molecule has 26 nitrogen and oxygen atoms in total. The maximum atomic E-state index is 10.4. The van der Waals surface area contributed by atoms with Crippen molar-refractivity contribution in [3.63, 3.8) is 0 Å². The van der Waals surface area contributed by atoms with Crippen molar-refractivity contribution in [2.75, 3.05) is 74.4 Å². The summed E-state index contributed by atoms with van der Waals surface area (Å²) in [6.45, 7) is 40.4. The molecule has 50 heteroatoms. The van der Waals surface area contributed by atoms with Gasteiger partial charge < -0.3 is 77.5 Å². The molecule has 0 amide bonds. The van der Waals surface area contributed by atoms with Crippen LogP contribution in [0.4, 0.5) is 30.6 Å². The van der Waals surface area contributed by atoms with Gasteiger partial charge in [-0.1, -0.05) is 196 Å². The van der Waals surface area contributed by atoms with Crippen LogP contribution >= 0.6 is 229 Å². The van der Waals surface area contributed by atoms with Crippen LogP contribution in [0.15, 0.2) is 48.9 Å². The molecule has 122 heavy (non-hydrogen) atoms. The normalized spacial score (nSPS) is 11.2. The topological polar surface area (TPSA) is 381 Å². The predicted octanol–water partition coefficient (Wildman–Crippen LogP) is 23.1. The third kappa shape index (κ3) is 65.1. The van der Waals surface area contributed by atoms with E-state index in [0.29, 0.717) is 95.3 Å². The maximum Gasteiger partial charge on any atom is 1.00 e. The van der Waals surface area contributed by atoms with E-state index in [0.717, 1.165) is 152 Å². The first-order valence-electron chi connectivity index (χ1n) is 36.7. The van der Waals surface area contributed by atoms with E-state index in [1.807, 2.05) is 79.7 Å². The summed E-state index contributed by atoms with van der Waals surface area (Å²) in [5.74, 6) is 1.35. The van der Waals surface area contributed by atoms with Crippen molar-refractivity contribution < 1.29 is 102 Å². The number of carbonyl (C=O) groups is 1. The number of allylic oxidation sites excluding steroid dienone is 2. The summed E-state index contributed by atoms with van der Waals surface area (Å²) in [5.41, 5.74) is 26.1. The van der Waals surface area contributed by atoms with Gasteiger partial charge in [-0.05, 0) is 126 Å². The summed E-state index contributed by atoms with van der Waals surface area (Å²) in [6, 6.07) is 11.4. The number of aliphatic hydroxyl groups is 1. The van der Waals surface area contributed by atoms with Gasteiger partial charge in [0.2, 0.25) is 22.1 Å². The summed E-state index contributed by atoms with van der Waals surface area (Å²) < 4.78 is 70.2. The van der Waals surface area contributed by atoms with Gasteiger partial charge in [0.25, 0.3) is 0 Å². The molecule has 0 radical (unpaired) electrons. The number of unbranched alkanes of at least 4 members (excludes halogenated alkanes) is 3. The molecule has 0 unspecified atom stereocenters. The predicted molar refractivity (Wildman–Crippen MR) is 577 cm³/mol. The van der Waals surface area contributed by atoms with Gasteiger partial charge in [-0.2, -0.15) is 38.1 Å². The average Bonchev–Trinajstić information content (AvgIpc) is 1.67. The minimum atomic E-state index is -4.64. The second kappa shape index (κ2) is 76.5. The van der Waals surface area contributed by atoms with Gasteiger partial charge in [0.1, 0.15) is 53.8 Å². The monoisotopic (exact) mass is 2890 g/mol. The summed E-state index contributed by atoms with van der Waals surface area (Å²) in [4.78, 5) is 51.5. The largest absolute Gasteiger partial charge is 1.00 e. The Bertz CT molecular complexity index is 4070. The quantitative estimate of drug-likeness (QED) is 0.00553. The molecule has 12 N–H and O–H groups in total. The molecule has 10 rings (SSSR count). The number of nitrogens with two attached hydrogens (primary N) is 3. The maximum absolute atomic E-state index is 10.4. The molecule has 2 aliphatic rings. The van der Waals surface area contributed by atoms with Crippen LogP contribution in [-0.2, 0) is 71.2 Å². The van der Waals surface area contributed by atoms with Crippen LogP contribution in [0, 0.1) is 0 Å². The summed E-state index contributed by atoms with van der Waals surface area (Å²) in [6.07, 6.45) is 15.7. The molecule has 695 valence electrons. The van der Waals surface area contributed by atoms with Crippen molar-refractivity contribution in [2.45, 2.75) is 209 Å². The number of aromatic nitrogens is 13. The zero-order chi connectivity index (χ0) is 90.4. The van der Waals surface area contributed by atoms with Gasteiger partial charge in [0, 0.05) is 132 Å². The van der Waals surface area contributed by atoms with Crippen LogP contribution in [0.5, 0.6) is 12.0 Å². The van der Waals surface area contributed by atoms with Crippen molar-refractivity contribution >= 4 is 331 Å². The first kappa shape index (κ1) is 135. The zero-order valence-electron chi connectivity index (χ0n) is 72.5. The number of aldehydes is 1. The van der Waals surface area contributed by atoms with Crippen molar-refractivity contribution in [1.82, 2.24) is 69.7 Å². The standard InChI is InChI=1S/C16H28N4O2Si.C12H17Cl2N3OSi.C12H19ClN4OSi.C11H15N3O.C7H4Cl2N2.C6H15ClOSi.C4H10O.C2HF3O.CH3I.CH4.I2.5HI.H3N.Na.H2O.2V.H/c1-5-6-9-22-16-18-13-7-8-20(14(13)15(17)19-16)12-21-10-11-23(2,3)4;1-19(2,3)7-6-18-8-17-5-4-9-10(17)11(13)16-12(14)15-9;1-19(2,3)7-6-18-8-17-5-4-9-10(17)11(14)16-12(13)15-9;1-2-3-7-15-11-13-9-6-4-5-8(9)10(12)14-11;8-6-4-2-1-3-5(4)10-7(9)11-6;1-9(2,3)5-4-8-6-7;1-2-3-4-5;3-2(4,5)1-6;1-2;;1-2;;;;;;;;;;;/h7-8H,5-6,9-12H2,1-4H3,(H2,17,18,19);4-5H,6-8H2,1-3H3;4-5H,6-8H2,1-3H3,(H2,14,15,16);4,6H,2-3,5,7H2,1H3,(H2,12,13,14);1,3H,2H2;4-6H2,1-3H3;5H,2-4H2,1H3;1H;1H3;1H4;;5*1H;1H3;;1H2;;;/q;;;;;;;;;;;;;;;;;+1;;+2;+3;-1/p-5. The van der Waals surface area contributed by atoms with Gasteiger partial charge in [-0.3, -0.25) is 4.79 Å². The second-order valence-corrected chi connectivity index (χ2v) is 101. The molecule has 2 aliphatic carbocycles. The van der Waals surface area contributed by atoms with Crippen LogP contribution in [0.2, 0.25) is 129 Å². The fourth-order valence-electron chi connectivity index (χ4n) is 8.73. The van der Waals surface area contributed by atoms with Gasteiger partial charge >= 0.3 is 162 Å². The van der Waals surface area contributed by atoms with E-state index in [9.17, 15) is 13.2 Å². The molecule has 0 fully saturated rings. The number of hydrogen-bond donors (Lipinski definition) is 5. The minimum absolute atomic E-state index is 0. The second-order valence-electron chi connectivity index (χ2n) is 29.5. The molecule has 0 saturated heterocycles. The Morgan fingerprint density at radius 3 is 1.22 bits per heavy atom. The Labute approximate surface area is 881 Å². The Morgan fingerprint density at radius 2 is 0.852 bits per heavy atom. The van der Waals surface area contributed by atoms with Crippen LogP contribution in [0.25, 0.3) is 45.3 Å². The molecule has 0 spiro atoms. The van der Waals surface area contributed by atoms with Crippen molar-refractivity contribution in [2.24, 2.45) is 0 Å². The SMILES string of the molecule is C.CCCCO.CCCCOc1nc(N)c2c(ccn2COCC[Si](C)(C)C)n1.CCCCOc1nc(N)c2c(n1)C=CC2.CI.C[Si](C)(C)CCOCCl.C[Si](C)(C)CCOCn1ccc2nc(Cl)nc(Cl)c21.C[Si](C)(C)CCOCn1ccc2nc(Cl)nc(N)c21.Clc1nc(Cl)c2c(n1)C=CC2.II.N.O.O=CC(F)(F)F.[H-].[I][V]([I])[I].[I][V][I].[Na+]. The van der Waals surface area contributed by atoms with Crippen LogP contribution in [0.1, 0.15) is 90.7 Å². The van der Waals surface area contributed by atoms with E-state index in [4.69, 9.17) is 125 Å². The smallest absolute Gasteiger partial charge is 1.00 e. The summed E-state index contributed by atoms with van der Waals surface area (Å²) >= 11 is 52.9. The van der Waals surface area contributed by atoms with Crippen molar-refractivity contribution in [1.29, 1.82) is 0 Å². The van der Waals surface area contributed by atoms with Crippen molar-refractivity contribution in [3.8, 4) is 12.0 Å². The van der Waals surface area contributed by atoms with E-state index in [1.54, 1.807) is 0 Å². The van der Waals surface area contributed by atoms with E-state index in [1.165, 1.54) is 6.04 Å². The fraction of sp³-hybridized carbons (Fsp3) is 0.569. The zero-order valence-corrected chi connectivity index (χ0v) is 102. The Hall–Kier alpha value is 2.30. The molecule has 0 saturated carbocycles. The first-order valence-corrected chi connectivity index (χ1v) is 84.9. The Morgan fingerprint density at radius 1 is 0.533 bits per heavy atom. The number of nitrogen functional groups attached to an aromatic ring is 3. The molecule has 8 heterocycles. The van der Waals surface area contributed by atoms with Gasteiger partial charge in [-0.25, -0.2) is 24.9 Å². The molecular formula is C72H122Cl6F3I8N17NaO9Si4V2. The summed E-state index contributed by atoms with van der Waals surface area (Å²) in [7, 11) is -3.42. The number of ether oxygens (including phenoxy) is 6. The van der Waals surface area contributed by atoms with Crippen molar-refractivity contribution in [3.05, 3.63) is 97.6 Å². The van der Waals surface area contributed by atoms with E-state index < -0.39 is 44.8 Å². The van der Waals surface area contributed by atoms with Gasteiger partial charge in [-0.15, -0.1) is 0 Å². The number of rotatable bonds is 29. The third-order valence-electron chi connectivity index (χ3n) is 14.8. The Kier molecular flexibility index (Phi) is 84.6. The van der Waals surface area contributed by atoms with E-state index >= 15 is 0 Å². The number of anilines is 3. The number of nitrogens with zero attached hydrogens (tertiary/aromatic N) is 13. The molecule has 0 aliphatic heterocycles. The number of fused-ring (bicyclic) bond motifs is 5. The molecular weight excluding hydrogens is 2770 g/mol. The third-order valence-corrected chi connectivity index (χ3v) is 22.9. The van der Waals surface area contributed by atoms with E-state index in [2.05, 4.69) is 309 Å². The first-order chi connectivity index (χ1) is 55.4. The molecule has 8 aromatic heterocycles. The number of halogens is 17. The molecule has 8 aromatic rings.